The van der Waals surface area contributed by atoms with Crippen LogP contribution in [0.25, 0.3) is 0 Å². The Hall–Kier alpha value is -3.29. The van der Waals surface area contributed by atoms with Crippen LogP contribution < -0.4 is 19.5 Å². The molecule has 0 fully saturated rings. The van der Waals surface area contributed by atoms with Crippen LogP contribution in [0.2, 0.25) is 0 Å². The molecule has 1 atom stereocenters. The van der Waals surface area contributed by atoms with E-state index in [0.717, 1.165) is 16.9 Å². The number of benzene rings is 2. The molecule has 0 radical (unpaired) electrons. The molecule has 0 aliphatic carbocycles. The monoisotopic (exact) mass is 400 g/mol. The van der Waals surface area contributed by atoms with Gasteiger partial charge in [0, 0.05) is 24.1 Å². The van der Waals surface area contributed by atoms with Gasteiger partial charge in [0.2, 0.25) is 5.75 Å². The van der Waals surface area contributed by atoms with Crippen LogP contribution in [0.5, 0.6) is 17.2 Å². The lowest BCUT2D eigenvalue weighted by atomic mass is 9.89. The third kappa shape index (κ3) is 4.77. The number of nitrogens with one attached hydrogen (secondary N) is 1. The van der Waals surface area contributed by atoms with Crippen LogP contribution in [0, 0.1) is 17.0 Å². The highest BCUT2D eigenvalue weighted by molar-refractivity contribution is 5.78. The number of carbonyl (C=O) groups is 1. The van der Waals surface area contributed by atoms with Gasteiger partial charge in [-0.2, -0.15) is 0 Å². The van der Waals surface area contributed by atoms with Gasteiger partial charge < -0.3 is 19.5 Å². The lowest BCUT2D eigenvalue weighted by Crippen LogP contribution is -2.42. The summed E-state index contributed by atoms with van der Waals surface area (Å²) in [7, 11) is 1.34. The van der Waals surface area contributed by atoms with E-state index in [2.05, 4.69) is 5.32 Å². The van der Waals surface area contributed by atoms with Crippen LogP contribution in [0.1, 0.15) is 37.4 Å². The van der Waals surface area contributed by atoms with Crippen molar-refractivity contribution in [1.82, 2.24) is 5.32 Å². The molecule has 1 amide bonds. The number of nitro groups is 1. The number of carbonyl (C=O) groups excluding carboxylic acids is 1. The van der Waals surface area contributed by atoms with Gasteiger partial charge in [-0.05, 0) is 38.5 Å². The summed E-state index contributed by atoms with van der Waals surface area (Å²) in [4.78, 5) is 22.9. The molecule has 29 heavy (non-hydrogen) atoms. The van der Waals surface area contributed by atoms with Crippen molar-refractivity contribution >= 4 is 11.6 Å². The summed E-state index contributed by atoms with van der Waals surface area (Å²) in [6.07, 6.45) is 0.625. The fourth-order valence-corrected chi connectivity index (χ4v) is 3.37. The number of aryl methyl sites for hydroxylation is 1. The molecule has 2 aromatic rings. The molecule has 1 aliphatic heterocycles. The lowest BCUT2D eigenvalue weighted by Gasteiger charge is -2.38. The Morgan fingerprint density at radius 2 is 2.07 bits per heavy atom. The van der Waals surface area contributed by atoms with Crippen molar-refractivity contribution in [2.45, 2.75) is 38.8 Å². The van der Waals surface area contributed by atoms with E-state index >= 15 is 0 Å². The number of nitro benzene ring substituents is 1. The minimum absolute atomic E-state index is 0.0726. The number of amides is 1. The normalized spacial score (nSPS) is 16.9. The zero-order valence-electron chi connectivity index (χ0n) is 16.9. The molecule has 1 aliphatic rings. The maximum Gasteiger partial charge on any atom is 0.311 e. The third-order valence-corrected chi connectivity index (χ3v) is 4.68. The van der Waals surface area contributed by atoms with E-state index in [1.165, 1.54) is 25.3 Å². The van der Waals surface area contributed by atoms with Gasteiger partial charge in [0.15, 0.2) is 6.61 Å². The summed E-state index contributed by atoms with van der Waals surface area (Å²) < 4.78 is 16.6. The van der Waals surface area contributed by atoms with Crippen molar-refractivity contribution in [1.29, 1.82) is 0 Å². The minimum atomic E-state index is -0.540. The van der Waals surface area contributed by atoms with Crippen molar-refractivity contribution < 1.29 is 23.9 Å². The van der Waals surface area contributed by atoms with Crippen molar-refractivity contribution in [3.63, 3.8) is 0 Å². The maximum absolute atomic E-state index is 12.5. The average Bonchev–Trinajstić information content (AvgIpc) is 2.64. The number of hydrogen-bond acceptors (Lipinski definition) is 6. The molecule has 0 saturated carbocycles. The Morgan fingerprint density at radius 1 is 1.31 bits per heavy atom. The van der Waals surface area contributed by atoms with E-state index < -0.39 is 10.5 Å². The molecule has 0 aromatic heterocycles. The molecule has 0 unspecified atom stereocenters. The standard InChI is InChI=1S/C21H24N2O6/c1-13-5-7-15-16(11-21(2,3)29-18(15)9-13)22-20(24)12-28-14-6-8-17(23(25)26)19(10-14)27-4/h5-10,16H,11-12H2,1-4H3,(H,22,24)/t16-/m1/s1. The second-order valence-corrected chi connectivity index (χ2v) is 7.61. The van der Waals surface area contributed by atoms with Crippen LogP contribution in [-0.4, -0.2) is 30.1 Å². The zero-order chi connectivity index (χ0) is 21.2. The average molecular weight is 400 g/mol. The van der Waals surface area contributed by atoms with Crippen LogP contribution in [0.4, 0.5) is 5.69 Å². The number of methoxy groups -OCH3 is 1. The predicted molar refractivity (Wildman–Crippen MR) is 107 cm³/mol. The van der Waals surface area contributed by atoms with Gasteiger partial charge in [-0.3, -0.25) is 14.9 Å². The molecule has 0 spiro atoms. The van der Waals surface area contributed by atoms with Crippen LogP contribution >= 0.6 is 0 Å². The number of ether oxygens (including phenoxy) is 3. The minimum Gasteiger partial charge on any atom is -0.490 e. The Labute approximate surface area is 168 Å². The molecule has 0 bridgehead atoms. The van der Waals surface area contributed by atoms with Gasteiger partial charge in [-0.1, -0.05) is 12.1 Å². The molecular formula is C21H24N2O6. The summed E-state index contributed by atoms with van der Waals surface area (Å²) in [5.74, 6) is 0.860. The number of fused-ring (bicyclic) bond motifs is 1. The van der Waals surface area contributed by atoms with Crippen LogP contribution in [0.3, 0.4) is 0 Å². The van der Waals surface area contributed by atoms with Gasteiger partial charge in [-0.15, -0.1) is 0 Å². The smallest absolute Gasteiger partial charge is 0.311 e. The summed E-state index contributed by atoms with van der Waals surface area (Å²) in [5.41, 5.74) is 1.44. The number of nitrogens with zero attached hydrogens (tertiary/aromatic N) is 1. The van der Waals surface area contributed by atoms with Gasteiger partial charge in [0.25, 0.3) is 5.91 Å². The fourth-order valence-electron chi connectivity index (χ4n) is 3.37. The Kier molecular flexibility index (Phi) is 5.63. The number of hydrogen-bond donors (Lipinski definition) is 1. The highest BCUT2D eigenvalue weighted by Crippen LogP contribution is 2.40. The van der Waals surface area contributed by atoms with Crippen molar-refractivity contribution in [2.75, 3.05) is 13.7 Å². The Balaban J connectivity index is 1.68. The van der Waals surface area contributed by atoms with E-state index in [1.54, 1.807) is 0 Å². The molecule has 1 heterocycles. The zero-order valence-corrected chi connectivity index (χ0v) is 16.9. The van der Waals surface area contributed by atoms with Gasteiger partial charge in [-0.25, -0.2) is 0 Å². The number of rotatable bonds is 6. The summed E-state index contributed by atoms with van der Waals surface area (Å²) >= 11 is 0. The van der Waals surface area contributed by atoms with E-state index in [1.807, 2.05) is 39.0 Å². The summed E-state index contributed by atoms with van der Waals surface area (Å²) in [6.45, 7) is 5.74. The lowest BCUT2D eigenvalue weighted by molar-refractivity contribution is -0.385. The predicted octanol–water partition coefficient (Wildman–Crippen LogP) is 3.71. The highest BCUT2D eigenvalue weighted by atomic mass is 16.6. The topological polar surface area (TPSA) is 99.9 Å². The molecule has 2 aromatic carbocycles. The molecule has 8 heteroatoms. The highest BCUT2D eigenvalue weighted by Gasteiger charge is 2.34. The van der Waals surface area contributed by atoms with Crippen molar-refractivity contribution in [3.05, 3.63) is 57.6 Å². The molecule has 0 saturated heterocycles. The van der Waals surface area contributed by atoms with E-state index in [9.17, 15) is 14.9 Å². The maximum atomic E-state index is 12.5. The summed E-state index contributed by atoms with van der Waals surface area (Å²) in [6, 6.07) is 9.83. The first kappa shape index (κ1) is 20.4. The fraction of sp³-hybridized carbons (Fsp3) is 0.381. The third-order valence-electron chi connectivity index (χ3n) is 4.68. The molecule has 1 N–H and O–H groups in total. The van der Waals surface area contributed by atoms with Crippen LogP contribution in [0.15, 0.2) is 36.4 Å². The Morgan fingerprint density at radius 3 is 2.76 bits per heavy atom. The second-order valence-electron chi connectivity index (χ2n) is 7.61. The van der Waals surface area contributed by atoms with E-state index in [0.29, 0.717) is 12.2 Å². The van der Waals surface area contributed by atoms with Gasteiger partial charge >= 0.3 is 5.69 Å². The van der Waals surface area contributed by atoms with Gasteiger partial charge in [0.1, 0.15) is 17.1 Å². The SMILES string of the molecule is COc1cc(OCC(=O)N[C@@H]2CC(C)(C)Oc3cc(C)ccc32)ccc1[N+](=O)[O-]. The molecule has 154 valence electrons. The van der Waals surface area contributed by atoms with E-state index in [4.69, 9.17) is 14.2 Å². The largest absolute Gasteiger partial charge is 0.490 e. The summed E-state index contributed by atoms with van der Waals surface area (Å²) in [5, 5.41) is 14.0. The molecule has 3 rings (SSSR count). The Bertz CT molecular complexity index is 941. The molecule has 8 nitrogen and oxygen atoms in total. The second kappa shape index (κ2) is 7.98. The first-order valence-electron chi connectivity index (χ1n) is 9.23. The van der Waals surface area contributed by atoms with Crippen molar-refractivity contribution in [3.8, 4) is 17.2 Å². The van der Waals surface area contributed by atoms with E-state index in [-0.39, 0.29) is 30.0 Å². The van der Waals surface area contributed by atoms with Gasteiger partial charge in [0.05, 0.1) is 18.1 Å². The quantitative estimate of drug-likeness (QED) is 0.586. The van der Waals surface area contributed by atoms with Crippen molar-refractivity contribution in [2.24, 2.45) is 0 Å². The van der Waals surface area contributed by atoms with Crippen LogP contribution in [-0.2, 0) is 4.79 Å². The first-order valence-corrected chi connectivity index (χ1v) is 9.23. The molecular weight excluding hydrogens is 376 g/mol. The first-order chi connectivity index (χ1) is 13.7.